The Morgan fingerprint density at radius 2 is 2.00 bits per heavy atom. The van der Waals surface area contributed by atoms with Gasteiger partial charge in [-0.05, 0) is 24.6 Å². The van der Waals surface area contributed by atoms with Crippen molar-refractivity contribution in [1.82, 2.24) is 0 Å². The monoisotopic (exact) mass is 254 g/mol. The predicted molar refractivity (Wildman–Crippen MR) is 75.4 cm³/mol. The summed E-state index contributed by atoms with van der Waals surface area (Å²) < 4.78 is 0. The van der Waals surface area contributed by atoms with Crippen molar-refractivity contribution in [3.8, 4) is 0 Å². The summed E-state index contributed by atoms with van der Waals surface area (Å²) in [5, 5.41) is 0. The van der Waals surface area contributed by atoms with Gasteiger partial charge in [0.15, 0.2) is 5.78 Å². The van der Waals surface area contributed by atoms with Crippen molar-refractivity contribution in [2.24, 2.45) is 0 Å². The van der Waals surface area contributed by atoms with E-state index in [1.54, 1.807) is 11.8 Å². The van der Waals surface area contributed by atoms with Gasteiger partial charge in [0.2, 0.25) is 0 Å². The third-order valence-corrected chi connectivity index (χ3v) is 4.50. The highest BCUT2D eigenvalue weighted by Gasteiger charge is 2.29. The first-order valence-electron chi connectivity index (χ1n) is 6.08. The highest BCUT2D eigenvalue weighted by molar-refractivity contribution is 7.99. The van der Waals surface area contributed by atoms with Crippen molar-refractivity contribution in [2.45, 2.75) is 17.7 Å². The minimum atomic E-state index is 0.0213. The Morgan fingerprint density at radius 1 is 1.17 bits per heavy atom. The number of thioether (sulfide) groups is 1. The van der Waals surface area contributed by atoms with Gasteiger partial charge in [0.1, 0.15) is 0 Å². The molecule has 0 radical (unpaired) electrons. The van der Waals surface area contributed by atoms with Gasteiger partial charge in [-0.1, -0.05) is 42.0 Å². The van der Waals surface area contributed by atoms with Crippen LogP contribution >= 0.6 is 11.8 Å². The largest absolute Gasteiger partial charge is 0.293 e. The average Bonchev–Trinajstić information content (AvgIpc) is 2.82. The molecule has 90 valence electrons. The number of rotatable bonds is 2. The van der Waals surface area contributed by atoms with Crippen molar-refractivity contribution >= 4 is 17.5 Å². The molecular formula is C16H14OS. The molecule has 18 heavy (non-hydrogen) atoms. The molecule has 0 spiro atoms. The number of carbonyl (C=O) groups excluding carboxylic acids is 1. The molecular weight excluding hydrogens is 240 g/mol. The van der Waals surface area contributed by atoms with Gasteiger partial charge in [0.05, 0.1) is 5.92 Å². The fourth-order valence-corrected chi connectivity index (χ4v) is 3.61. The van der Waals surface area contributed by atoms with Gasteiger partial charge in [-0.2, -0.15) is 0 Å². The topological polar surface area (TPSA) is 17.1 Å². The zero-order chi connectivity index (χ0) is 12.5. The molecule has 1 heterocycles. The second-order valence-corrected chi connectivity index (χ2v) is 5.70. The van der Waals surface area contributed by atoms with E-state index in [0.717, 1.165) is 16.9 Å². The minimum Gasteiger partial charge on any atom is -0.293 e. The maximum Gasteiger partial charge on any atom is 0.171 e. The van der Waals surface area contributed by atoms with Crippen LogP contribution in [0.2, 0.25) is 0 Å². The van der Waals surface area contributed by atoms with Gasteiger partial charge < -0.3 is 0 Å². The van der Waals surface area contributed by atoms with Crippen molar-refractivity contribution in [3.63, 3.8) is 0 Å². The van der Waals surface area contributed by atoms with Gasteiger partial charge in [-0.15, -0.1) is 11.8 Å². The van der Waals surface area contributed by atoms with E-state index in [9.17, 15) is 4.79 Å². The Kier molecular flexibility index (Phi) is 2.96. The fraction of sp³-hybridized carbons (Fsp3) is 0.188. The maximum atomic E-state index is 12.5. The van der Waals surface area contributed by atoms with Gasteiger partial charge in [-0.3, -0.25) is 4.79 Å². The first-order valence-corrected chi connectivity index (χ1v) is 7.07. The molecule has 2 heteroatoms. The first kappa shape index (κ1) is 11.5. The highest BCUT2D eigenvalue weighted by Crippen LogP contribution is 2.40. The second-order valence-electron chi connectivity index (χ2n) is 4.64. The van der Waals surface area contributed by atoms with Crippen molar-refractivity contribution < 1.29 is 4.79 Å². The molecule has 1 unspecified atom stereocenters. The predicted octanol–water partition coefficient (Wildman–Crippen LogP) is 4.07. The van der Waals surface area contributed by atoms with Gasteiger partial charge in [-0.25, -0.2) is 0 Å². The van der Waals surface area contributed by atoms with Crippen LogP contribution in [0.4, 0.5) is 0 Å². The Hall–Kier alpha value is -1.54. The molecule has 1 nitrogen and oxygen atoms in total. The molecule has 1 aliphatic heterocycles. The Bertz CT molecular complexity index is 604. The zero-order valence-electron chi connectivity index (χ0n) is 10.2. The summed E-state index contributed by atoms with van der Waals surface area (Å²) in [6.45, 7) is 2.02. The van der Waals surface area contributed by atoms with Crippen LogP contribution < -0.4 is 0 Å². The lowest BCUT2D eigenvalue weighted by atomic mass is 9.92. The first-order chi connectivity index (χ1) is 8.75. The van der Waals surface area contributed by atoms with E-state index < -0.39 is 0 Å². The standard InChI is InChI=1S/C16H14OS/c1-11-5-4-6-12(9-11)16(17)14-10-18-15-8-3-2-7-13(14)15/h2-9,14H,10H2,1H3. The summed E-state index contributed by atoms with van der Waals surface area (Å²) >= 11 is 1.78. The van der Waals surface area contributed by atoms with Gasteiger partial charge >= 0.3 is 0 Å². The molecule has 0 aromatic heterocycles. The third kappa shape index (κ3) is 1.97. The van der Waals surface area contributed by atoms with Gasteiger partial charge in [0.25, 0.3) is 0 Å². The van der Waals surface area contributed by atoms with Crippen LogP contribution in [0, 0.1) is 6.92 Å². The van der Waals surface area contributed by atoms with E-state index in [1.807, 2.05) is 43.3 Å². The number of ketones is 1. The molecule has 2 aromatic rings. The molecule has 0 amide bonds. The van der Waals surface area contributed by atoms with Crippen LogP contribution in [0.5, 0.6) is 0 Å². The lowest BCUT2D eigenvalue weighted by molar-refractivity contribution is 0.0968. The lowest BCUT2D eigenvalue weighted by Crippen LogP contribution is -2.12. The van der Waals surface area contributed by atoms with E-state index in [0.29, 0.717) is 0 Å². The second kappa shape index (κ2) is 4.62. The molecule has 0 N–H and O–H groups in total. The van der Waals surface area contributed by atoms with Crippen LogP contribution in [0.1, 0.15) is 27.4 Å². The number of benzene rings is 2. The number of hydrogen-bond acceptors (Lipinski definition) is 2. The van der Waals surface area contributed by atoms with Gasteiger partial charge in [0, 0.05) is 16.2 Å². The quantitative estimate of drug-likeness (QED) is 0.752. The van der Waals surface area contributed by atoms with E-state index in [1.165, 1.54) is 10.5 Å². The Balaban J connectivity index is 1.96. The molecule has 1 aliphatic rings. The smallest absolute Gasteiger partial charge is 0.171 e. The van der Waals surface area contributed by atoms with Crippen LogP contribution in [0.15, 0.2) is 53.4 Å². The molecule has 0 aliphatic carbocycles. The van der Waals surface area contributed by atoms with Crippen LogP contribution in [-0.4, -0.2) is 11.5 Å². The van der Waals surface area contributed by atoms with Crippen molar-refractivity contribution in [2.75, 3.05) is 5.75 Å². The summed E-state index contributed by atoms with van der Waals surface area (Å²) in [6.07, 6.45) is 0. The SMILES string of the molecule is Cc1cccc(C(=O)C2CSc3ccccc32)c1. The summed E-state index contributed by atoms with van der Waals surface area (Å²) in [5.74, 6) is 1.13. The average molecular weight is 254 g/mol. The molecule has 0 saturated carbocycles. The fourth-order valence-electron chi connectivity index (χ4n) is 2.38. The summed E-state index contributed by atoms with van der Waals surface area (Å²) in [7, 11) is 0. The zero-order valence-corrected chi connectivity index (χ0v) is 11.0. The third-order valence-electron chi connectivity index (χ3n) is 3.32. The van der Waals surface area contributed by atoms with Crippen LogP contribution in [0.3, 0.4) is 0 Å². The molecule has 1 atom stereocenters. The number of carbonyl (C=O) groups is 1. The highest BCUT2D eigenvalue weighted by atomic mass is 32.2. The minimum absolute atomic E-state index is 0.0213. The van der Waals surface area contributed by atoms with Crippen molar-refractivity contribution in [3.05, 3.63) is 65.2 Å². The van der Waals surface area contributed by atoms with Crippen LogP contribution in [0.25, 0.3) is 0 Å². The summed E-state index contributed by atoms with van der Waals surface area (Å²) in [4.78, 5) is 13.8. The molecule has 0 bridgehead atoms. The molecule has 3 rings (SSSR count). The summed E-state index contributed by atoms with van der Waals surface area (Å²) in [6, 6.07) is 16.1. The maximum absolute atomic E-state index is 12.5. The molecule has 0 saturated heterocycles. The van der Waals surface area contributed by atoms with E-state index in [-0.39, 0.29) is 11.7 Å². The lowest BCUT2D eigenvalue weighted by Gasteiger charge is -2.10. The van der Waals surface area contributed by atoms with E-state index in [2.05, 4.69) is 12.1 Å². The number of aryl methyl sites for hydroxylation is 1. The normalized spacial score (nSPS) is 17.5. The van der Waals surface area contributed by atoms with E-state index >= 15 is 0 Å². The molecule has 0 fully saturated rings. The van der Waals surface area contributed by atoms with Crippen LogP contribution in [-0.2, 0) is 0 Å². The molecule has 2 aromatic carbocycles. The number of hydrogen-bond donors (Lipinski definition) is 0. The number of Topliss-reactive ketones (excluding diaryl/α,β-unsaturated/α-hetero) is 1. The Morgan fingerprint density at radius 3 is 2.83 bits per heavy atom. The summed E-state index contributed by atoms with van der Waals surface area (Å²) in [5.41, 5.74) is 3.16. The van der Waals surface area contributed by atoms with E-state index in [4.69, 9.17) is 0 Å². The number of fused-ring (bicyclic) bond motifs is 1. The Labute approximate surface area is 111 Å². The van der Waals surface area contributed by atoms with Crippen molar-refractivity contribution in [1.29, 1.82) is 0 Å².